The van der Waals surface area contributed by atoms with Gasteiger partial charge in [0.15, 0.2) is 4.33 Å². The van der Waals surface area contributed by atoms with Crippen molar-refractivity contribution in [2.24, 2.45) is 4.99 Å². The highest BCUT2D eigenvalue weighted by molar-refractivity contribution is 6.48. The number of benzene rings is 1. The molecule has 0 saturated heterocycles. The third-order valence-corrected chi connectivity index (χ3v) is 3.94. The Bertz CT molecular complexity index is 844. The molecule has 1 atom stereocenters. The van der Waals surface area contributed by atoms with Gasteiger partial charge >= 0.3 is 0 Å². The first-order chi connectivity index (χ1) is 12.8. The van der Waals surface area contributed by atoms with Crippen LogP contribution in [-0.4, -0.2) is 27.3 Å². The van der Waals surface area contributed by atoms with Gasteiger partial charge in [-0.2, -0.15) is 5.26 Å². The zero-order chi connectivity index (χ0) is 19.9. The Labute approximate surface area is 171 Å². The molecule has 1 heterocycles. The minimum atomic E-state index is -1.42. The van der Waals surface area contributed by atoms with Crippen molar-refractivity contribution in [2.75, 3.05) is 5.32 Å². The fourth-order valence-corrected chi connectivity index (χ4v) is 2.31. The van der Waals surface area contributed by atoms with Crippen molar-refractivity contribution in [3.63, 3.8) is 0 Å². The Kier molecular flexibility index (Phi) is 7.25. The summed E-state index contributed by atoms with van der Waals surface area (Å²) in [5.41, 5.74) is 0.940. The monoisotopic (exact) mass is 424 g/mol. The molecule has 0 saturated carbocycles. The van der Waals surface area contributed by atoms with Crippen LogP contribution in [0.3, 0.4) is 0 Å². The van der Waals surface area contributed by atoms with Crippen LogP contribution in [0, 0.1) is 11.5 Å². The fraction of sp³-hybridized carbons (Fsp3) is 0.176. The van der Waals surface area contributed by atoms with E-state index in [0.717, 1.165) is 0 Å². The van der Waals surface area contributed by atoms with Crippen LogP contribution in [0.4, 0.5) is 5.69 Å². The molecule has 1 aromatic carbocycles. The van der Waals surface area contributed by atoms with E-state index >= 15 is 0 Å². The standard InChI is InChI=1S/C17H15Cl3N6O/c1-17(19,20)15(25-14(27)11-4-6-12(18)7-5-11)26-16(23-10-21)24-13-3-2-8-22-9-13/h2-9,15H,1H3,(H,25,27)(H2,23,24,26)/t15-/m0/s1. The van der Waals surface area contributed by atoms with Gasteiger partial charge in [-0.25, -0.2) is 0 Å². The molecule has 7 nitrogen and oxygen atoms in total. The molecular weight excluding hydrogens is 411 g/mol. The predicted octanol–water partition coefficient (Wildman–Crippen LogP) is 3.52. The highest BCUT2D eigenvalue weighted by atomic mass is 35.5. The lowest BCUT2D eigenvalue weighted by molar-refractivity contribution is 0.0931. The molecule has 0 aliphatic carbocycles. The lowest BCUT2D eigenvalue weighted by Crippen LogP contribution is -2.57. The number of nitriles is 1. The van der Waals surface area contributed by atoms with Gasteiger partial charge in [0.1, 0.15) is 6.17 Å². The fourth-order valence-electron chi connectivity index (χ4n) is 1.96. The number of halogens is 3. The van der Waals surface area contributed by atoms with Crippen molar-refractivity contribution in [2.45, 2.75) is 17.4 Å². The Morgan fingerprint density at radius 1 is 1.26 bits per heavy atom. The molecular formula is C17H15Cl3N6O. The zero-order valence-corrected chi connectivity index (χ0v) is 16.3. The van der Waals surface area contributed by atoms with Gasteiger partial charge in [0.25, 0.3) is 5.91 Å². The topological polar surface area (TPSA) is 102 Å². The third kappa shape index (κ3) is 6.61. The summed E-state index contributed by atoms with van der Waals surface area (Å²) in [5.74, 6) is -0.395. The van der Waals surface area contributed by atoms with E-state index in [0.29, 0.717) is 16.3 Å². The molecule has 2 aromatic rings. The average Bonchev–Trinajstić information content (AvgIpc) is 2.62. The summed E-state index contributed by atoms with van der Waals surface area (Å²) in [6.45, 7) is 1.49. The number of nitrogens with zero attached hydrogens (tertiary/aromatic N) is 3. The van der Waals surface area contributed by atoms with Gasteiger partial charge in [-0.1, -0.05) is 34.8 Å². The van der Waals surface area contributed by atoms with Crippen LogP contribution < -0.4 is 16.0 Å². The van der Waals surface area contributed by atoms with Crippen LogP contribution in [-0.2, 0) is 0 Å². The van der Waals surface area contributed by atoms with Crippen molar-refractivity contribution < 1.29 is 4.79 Å². The summed E-state index contributed by atoms with van der Waals surface area (Å²) in [4.78, 5) is 20.1. The smallest absolute Gasteiger partial charge is 0.252 e. The minimum absolute atomic E-state index is 0.0411. The number of nitrogens with one attached hydrogen (secondary N) is 3. The van der Waals surface area contributed by atoms with Gasteiger partial charge in [-0.3, -0.25) is 9.78 Å². The van der Waals surface area contributed by atoms with Crippen molar-refractivity contribution in [1.29, 1.82) is 5.26 Å². The normalized spacial score (nSPS) is 12.6. The summed E-state index contributed by atoms with van der Waals surface area (Å²) in [6, 6.07) is 9.74. The number of aliphatic imine (C=N–C) groups is 1. The molecule has 0 radical (unpaired) electrons. The molecule has 2 rings (SSSR count). The first kappa shape index (κ1) is 20.8. The van der Waals surface area contributed by atoms with Gasteiger partial charge in [0, 0.05) is 16.8 Å². The van der Waals surface area contributed by atoms with E-state index in [9.17, 15) is 4.79 Å². The molecule has 0 fully saturated rings. The summed E-state index contributed by atoms with van der Waals surface area (Å²) in [5, 5.41) is 17.8. The number of carbonyl (C=O) groups excluding carboxylic acids is 1. The lowest BCUT2D eigenvalue weighted by atomic mass is 10.2. The van der Waals surface area contributed by atoms with Crippen LogP contribution in [0.2, 0.25) is 5.02 Å². The van der Waals surface area contributed by atoms with E-state index in [1.807, 2.05) is 0 Å². The molecule has 10 heteroatoms. The van der Waals surface area contributed by atoms with Gasteiger partial charge in [0.2, 0.25) is 12.2 Å². The summed E-state index contributed by atoms with van der Waals surface area (Å²) >= 11 is 18.2. The maximum atomic E-state index is 12.5. The molecule has 1 amide bonds. The average molecular weight is 426 g/mol. The Morgan fingerprint density at radius 2 is 1.96 bits per heavy atom. The maximum Gasteiger partial charge on any atom is 0.252 e. The van der Waals surface area contributed by atoms with Crippen LogP contribution in [0.1, 0.15) is 17.3 Å². The number of amides is 1. The molecule has 140 valence electrons. The molecule has 0 aliphatic rings. The van der Waals surface area contributed by atoms with E-state index in [1.54, 1.807) is 48.8 Å². The maximum absolute atomic E-state index is 12.5. The number of hydrogen-bond acceptors (Lipinski definition) is 4. The SMILES string of the molecule is CC(Cl)(Cl)[C@@H](NC(=O)c1ccc(Cl)cc1)N/C(=N/C#N)Nc1cccnc1. The number of aromatic nitrogens is 1. The van der Waals surface area contributed by atoms with Gasteiger partial charge in [-0.05, 0) is 43.3 Å². The Hall–Kier alpha value is -2.53. The van der Waals surface area contributed by atoms with Crippen molar-refractivity contribution in [3.05, 3.63) is 59.4 Å². The quantitative estimate of drug-likeness (QED) is 0.224. The minimum Gasteiger partial charge on any atom is -0.332 e. The molecule has 3 N–H and O–H groups in total. The number of pyridine rings is 1. The second kappa shape index (κ2) is 9.42. The largest absolute Gasteiger partial charge is 0.332 e. The highest BCUT2D eigenvalue weighted by Crippen LogP contribution is 2.23. The summed E-state index contributed by atoms with van der Waals surface area (Å²) in [6.07, 6.45) is 3.83. The predicted molar refractivity (Wildman–Crippen MR) is 107 cm³/mol. The van der Waals surface area contributed by atoms with Crippen LogP contribution in [0.5, 0.6) is 0 Å². The summed E-state index contributed by atoms with van der Waals surface area (Å²) < 4.78 is -1.42. The van der Waals surface area contributed by atoms with E-state index in [-0.39, 0.29) is 5.96 Å². The number of guanidine groups is 1. The number of hydrogen-bond donors (Lipinski definition) is 3. The van der Waals surface area contributed by atoms with Crippen molar-refractivity contribution >= 4 is 52.4 Å². The van der Waals surface area contributed by atoms with Gasteiger partial charge in [-0.15, -0.1) is 4.99 Å². The lowest BCUT2D eigenvalue weighted by Gasteiger charge is -2.29. The second-order valence-electron chi connectivity index (χ2n) is 5.44. The molecule has 0 aliphatic heterocycles. The van der Waals surface area contributed by atoms with E-state index in [4.69, 9.17) is 40.1 Å². The first-order valence-corrected chi connectivity index (χ1v) is 8.77. The van der Waals surface area contributed by atoms with Gasteiger partial charge in [0.05, 0.1) is 11.9 Å². The van der Waals surface area contributed by atoms with Gasteiger partial charge < -0.3 is 16.0 Å². The molecule has 0 spiro atoms. The van der Waals surface area contributed by atoms with Crippen molar-refractivity contribution in [3.8, 4) is 6.19 Å². The molecule has 1 aromatic heterocycles. The van der Waals surface area contributed by atoms with Crippen LogP contribution in [0.25, 0.3) is 0 Å². The summed E-state index contributed by atoms with van der Waals surface area (Å²) in [7, 11) is 0. The van der Waals surface area contributed by atoms with Crippen LogP contribution in [0.15, 0.2) is 53.8 Å². The molecule has 27 heavy (non-hydrogen) atoms. The number of carbonyl (C=O) groups is 1. The first-order valence-electron chi connectivity index (χ1n) is 7.64. The van der Waals surface area contributed by atoms with Crippen LogP contribution >= 0.6 is 34.8 Å². The second-order valence-corrected chi connectivity index (χ2v) is 7.64. The number of rotatable bonds is 5. The number of anilines is 1. The van der Waals surface area contributed by atoms with E-state index in [1.165, 1.54) is 13.1 Å². The Morgan fingerprint density at radius 3 is 2.52 bits per heavy atom. The number of alkyl halides is 2. The van der Waals surface area contributed by atoms with E-state index in [2.05, 4.69) is 25.9 Å². The highest BCUT2D eigenvalue weighted by Gasteiger charge is 2.32. The third-order valence-electron chi connectivity index (χ3n) is 3.26. The van der Waals surface area contributed by atoms with Crippen molar-refractivity contribution in [1.82, 2.24) is 15.6 Å². The Balaban J connectivity index is 2.17. The zero-order valence-electron chi connectivity index (χ0n) is 14.1. The molecule has 0 bridgehead atoms. The molecule has 0 unspecified atom stereocenters. The van der Waals surface area contributed by atoms with E-state index < -0.39 is 16.4 Å².